The van der Waals surface area contributed by atoms with E-state index in [0.29, 0.717) is 25.6 Å². The highest BCUT2D eigenvalue weighted by molar-refractivity contribution is 5.76. The van der Waals surface area contributed by atoms with Crippen LogP contribution >= 0.6 is 0 Å². The summed E-state index contributed by atoms with van der Waals surface area (Å²) in [7, 11) is 0. The Balaban J connectivity index is 1.69. The molecule has 1 aliphatic rings. The van der Waals surface area contributed by atoms with Crippen molar-refractivity contribution in [3.63, 3.8) is 0 Å². The molecule has 4 nitrogen and oxygen atoms in total. The van der Waals surface area contributed by atoms with E-state index in [1.807, 2.05) is 35.2 Å². The average Bonchev–Trinajstić information content (AvgIpc) is 2.58. The van der Waals surface area contributed by atoms with Crippen LogP contribution in [0.15, 0.2) is 30.3 Å². The summed E-state index contributed by atoms with van der Waals surface area (Å²) in [6.45, 7) is 2.80. The third kappa shape index (κ3) is 6.05. The first-order valence-corrected chi connectivity index (χ1v) is 8.74. The van der Waals surface area contributed by atoms with E-state index in [4.69, 9.17) is 0 Å². The fraction of sp³-hybridized carbons (Fsp3) is 0.579. The van der Waals surface area contributed by atoms with Gasteiger partial charge in [0.05, 0.1) is 0 Å². The van der Waals surface area contributed by atoms with Crippen LogP contribution in [0, 0.1) is 0 Å². The number of hydrogen-bond acceptors (Lipinski definition) is 2. The molecule has 0 radical (unpaired) electrons. The number of hydrogen-bond donors (Lipinski definition) is 1. The third-order valence-electron chi connectivity index (χ3n) is 4.58. The molecule has 2 amide bonds. The van der Waals surface area contributed by atoms with Gasteiger partial charge in [-0.3, -0.25) is 9.59 Å². The van der Waals surface area contributed by atoms with Crippen LogP contribution in [0.1, 0.15) is 51.0 Å². The number of aryl methyl sites for hydroxylation is 1. The quantitative estimate of drug-likeness (QED) is 0.841. The monoisotopic (exact) mass is 316 g/mol. The molecule has 0 spiro atoms. The molecule has 0 atom stereocenters. The maximum Gasteiger partial charge on any atom is 0.220 e. The molecule has 126 valence electrons. The van der Waals surface area contributed by atoms with Crippen molar-refractivity contribution in [1.82, 2.24) is 10.2 Å². The molecular formula is C19H28N2O2. The summed E-state index contributed by atoms with van der Waals surface area (Å²) in [6.07, 6.45) is 7.14. The lowest BCUT2D eigenvalue weighted by molar-refractivity contribution is -0.132. The fourth-order valence-corrected chi connectivity index (χ4v) is 3.30. The minimum absolute atomic E-state index is 0.0565. The van der Waals surface area contributed by atoms with E-state index in [2.05, 4.69) is 5.32 Å². The Morgan fingerprint density at radius 3 is 2.48 bits per heavy atom. The van der Waals surface area contributed by atoms with Crippen LogP contribution in [0.4, 0.5) is 0 Å². The number of nitrogens with one attached hydrogen (secondary N) is 1. The van der Waals surface area contributed by atoms with Crippen molar-refractivity contribution in [2.75, 3.05) is 13.1 Å². The summed E-state index contributed by atoms with van der Waals surface area (Å²) in [5.41, 5.74) is 1.18. The Kier molecular flexibility index (Phi) is 7.11. The van der Waals surface area contributed by atoms with Gasteiger partial charge >= 0.3 is 0 Å². The normalized spacial score (nSPS) is 15.2. The van der Waals surface area contributed by atoms with Gasteiger partial charge in [-0.1, -0.05) is 49.6 Å². The van der Waals surface area contributed by atoms with Crippen molar-refractivity contribution in [2.45, 2.75) is 57.9 Å². The molecule has 1 saturated carbocycles. The van der Waals surface area contributed by atoms with Gasteiger partial charge in [-0.25, -0.2) is 0 Å². The van der Waals surface area contributed by atoms with E-state index >= 15 is 0 Å². The summed E-state index contributed by atoms with van der Waals surface area (Å²) in [5.74, 6) is 0.177. The van der Waals surface area contributed by atoms with Gasteiger partial charge in [0.2, 0.25) is 11.8 Å². The zero-order valence-electron chi connectivity index (χ0n) is 14.1. The number of amides is 2. The molecule has 0 saturated heterocycles. The second kappa shape index (κ2) is 9.33. The van der Waals surface area contributed by atoms with E-state index in [9.17, 15) is 9.59 Å². The average molecular weight is 316 g/mol. The Morgan fingerprint density at radius 1 is 1.13 bits per heavy atom. The molecule has 1 fully saturated rings. The lowest BCUT2D eigenvalue weighted by atomic mass is 9.94. The maximum atomic E-state index is 11.9. The SMILES string of the molecule is CC(=O)N(CCNC(=O)CCc1ccccc1)C1CCCCC1. The Hall–Kier alpha value is -1.84. The topological polar surface area (TPSA) is 49.4 Å². The minimum Gasteiger partial charge on any atom is -0.354 e. The summed E-state index contributed by atoms with van der Waals surface area (Å²) in [6, 6.07) is 10.4. The van der Waals surface area contributed by atoms with E-state index in [0.717, 1.165) is 19.3 Å². The third-order valence-corrected chi connectivity index (χ3v) is 4.58. The van der Waals surface area contributed by atoms with Crippen molar-refractivity contribution < 1.29 is 9.59 Å². The predicted molar refractivity (Wildman–Crippen MR) is 92.0 cm³/mol. The van der Waals surface area contributed by atoms with Crippen molar-refractivity contribution in [2.24, 2.45) is 0 Å². The zero-order chi connectivity index (χ0) is 16.5. The fourth-order valence-electron chi connectivity index (χ4n) is 3.30. The highest BCUT2D eigenvalue weighted by atomic mass is 16.2. The number of benzene rings is 1. The van der Waals surface area contributed by atoms with Crippen LogP contribution in [-0.2, 0) is 16.0 Å². The lowest BCUT2D eigenvalue weighted by Gasteiger charge is -2.33. The summed E-state index contributed by atoms with van der Waals surface area (Å²) < 4.78 is 0. The first-order valence-electron chi connectivity index (χ1n) is 8.74. The van der Waals surface area contributed by atoms with Gasteiger partial charge in [0, 0.05) is 32.5 Å². The molecule has 1 N–H and O–H groups in total. The molecule has 0 aliphatic heterocycles. The van der Waals surface area contributed by atoms with E-state index in [1.54, 1.807) is 6.92 Å². The van der Waals surface area contributed by atoms with Gasteiger partial charge in [-0.2, -0.15) is 0 Å². The van der Waals surface area contributed by atoms with Gasteiger partial charge in [0.1, 0.15) is 0 Å². The molecular weight excluding hydrogens is 288 g/mol. The smallest absolute Gasteiger partial charge is 0.220 e. The molecule has 0 heterocycles. The Labute approximate surface area is 139 Å². The minimum atomic E-state index is 0.0565. The van der Waals surface area contributed by atoms with Gasteiger partial charge in [0.15, 0.2) is 0 Å². The first-order chi connectivity index (χ1) is 11.2. The maximum absolute atomic E-state index is 11.9. The summed E-state index contributed by atoms with van der Waals surface area (Å²) >= 11 is 0. The predicted octanol–water partition coefficient (Wildman–Crippen LogP) is 2.92. The number of nitrogens with zero attached hydrogens (tertiary/aromatic N) is 1. The molecule has 2 rings (SSSR count). The zero-order valence-corrected chi connectivity index (χ0v) is 14.1. The molecule has 1 aliphatic carbocycles. The van der Waals surface area contributed by atoms with Crippen LogP contribution in [0.25, 0.3) is 0 Å². The lowest BCUT2D eigenvalue weighted by Crippen LogP contribution is -2.44. The Bertz CT molecular complexity index is 495. The Morgan fingerprint density at radius 2 is 1.83 bits per heavy atom. The van der Waals surface area contributed by atoms with Crippen molar-refractivity contribution in [3.8, 4) is 0 Å². The molecule has 0 unspecified atom stereocenters. The second-order valence-electron chi connectivity index (χ2n) is 6.34. The van der Waals surface area contributed by atoms with Crippen molar-refractivity contribution >= 4 is 11.8 Å². The van der Waals surface area contributed by atoms with Gasteiger partial charge in [0.25, 0.3) is 0 Å². The van der Waals surface area contributed by atoms with E-state index in [1.165, 1.54) is 24.8 Å². The van der Waals surface area contributed by atoms with Crippen LogP contribution in [-0.4, -0.2) is 35.8 Å². The first kappa shape index (κ1) is 17.5. The molecule has 0 aromatic heterocycles. The largest absolute Gasteiger partial charge is 0.354 e. The molecule has 23 heavy (non-hydrogen) atoms. The number of carbonyl (C=O) groups is 2. The summed E-state index contributed by atoms with van der Waals surface area (Å²) in [4.78, 5) is 25.7. The highest BCUT2D eigenvalue weighted by Gasteiger charge is 2.22. The van der Waals surface area contributed by atoms with Crippen molar-refractivity contribution in [3.05, 3.63) is 35.9 Å². The van der Waals surface area contributed by atoms with Crippen molar-refractivity contribution in [1.29, 1.82) is 0 Å². The second-order valence-corrected chi connectivity index (χ2v) is 6.34. The molecule has 1 aromatic rings. The molecule has 0 bridgehead atoms. The van der Waals surface area contributed by atoms with Crippen LogP contribution in [0.3, 0.4) is 0 Å². The van der Waals surface area contributed by atoms with Crippen LogP contribution in [0.5, 0.6) is 0 Å². The van der Waals surface area contributed by atoms with E-state index < -0.39 is 0 Å². The van der Waals surface area contributed by atoms with Gasteiger partial charge < -0.3 is 10.2 Å². The molecule has 1 aromatic carbocycles. The number of rotatable bonds is 7. The summed E-state index contributed by atoms with van der Waals surface area (Å²) in [5, 5.41) is 2.94. The number of carbonyl (C=O) groups excluding carboxylic acids is 2. The van der Waals surface area contributed by atoms with Crippen LogP contribution < -0.4 is 5.32 Å². The van der Waals surface area contributed by atoms with Gasteiger partial charge in [-0.05, 0) is 24.8 Å². The van der Waals surface area contributed by atoms with E-state index in [-0.39, 0.29) is 11.8 Å². The molecule has 4 heteroatoms. The standard InChI is InChI=1S/C19H28N2O2/c1-16(22)21(18-10-6-3-7-11-18)15-14-20-19(23)13-12-17-8-4-2-5-9-17/h2,4-5,8-9,18H,3,6-7,10-15H2,1H3,(H,20,23). The van der Waals surface area contributed by atoms with Crippen LogP contribution in [0.2, 0.25) is 0 Å². The van der Waals surface area contributed by atoms with Gasteiger partial charge in [-0.15, -0.1) is 0 Å². The highest BCUT2D eigenvalue weighted by Crippen LogP contribution is 2.22.